The Hall–Kier alpha value is -3.59. The Kier molecular flexibility index (Phi) is 6.53. The van der Waals surface area contributed by atoms with Crippen LogP contribution in [-0.4, -0.2) is 29.5 Å². The lowest BCUT2D eigenvalue weighted by Crippen LogP contribution is -2.15. The molecule has 0 aliphatic rings. The summed E-state index contributed by atoms with van der Waals surface area (Å²) in [6, 6.07) is 9.34. The van der Waals surface area contributed by atoms with Gasteiger partial charge in [0, 0.05) is 10.6 Å². The van der Waals surface area contributed by atoms with Crippen molar-refractivity contribution in [2.75, 3.05) is 12.8 Å². The fourth-order valence-corrected chi connectivity index (χ4v) is 2.83. The Labute approximate surface area is 178 Å². The number of ether oxygens (including phenoxy) is 2. The number of benzene rings is 2. The molecule has 9 nitrogen and oxygen atoms in total. The molecule has 4 N–H and O–H groups in total. The van der Waals surface area contributed by atoms with Gasteiger partial charge >= 0.3 is 0 Å². The topological polar surface area (TPSA) is 134 Å². The van der Waals surface area contributed by atoms with E-state index in [4.69, 9.17) is 32.5 Å². The Morgan fingerprint density at radius 2 is 1.93 bits per heavy atom. The number of rotatable bonds is 7. The largest absolute Gasteiger partial charge is 0.496 e. The van der Waals surface area contributed by atoms with Crippen LogP contribution in [0.1, 0.15) is 27.9 Å². The van der Waals surface area contributed by atoms with E-state index >= 15 is 0 Å². The molecule has 1 aromatic heterocycles. The SMILES string of the molecule is COc1ccc(/C=N\N=C(\N)c2nonc2N)cc1COc1cc(C)c(Cl)c(C)c1. The monoisotopic (exact) mass is 428 g/mol. The fourth-order valence-electron chi connectivity index (χ4n) is 2.72. The molecule has 0 spiro atoms. The molecule has 0 aliphatic heterocycles. The lowest BCUT2D eigenvalue weighted by molar-refractivity contribution is 0.296. The van der Waals surface area contributed by atoms with Gasteiger partial charge in [0.15, 0.2) is 17.3 Å². The number of anilines is 1. The molecule has 0 aliphatic carbocycles. The van der Waals surface area contributed by atoms with E-state index in [1.54, 1.807) is 7.11 Å². The third-order valence-electron chi connectivity index (χ3n) is 4.24. The number of amidine groups is 1. The number of nitrogens with zero attached hydrogens (tertiary/aromatic N) is 4. The zero-order valence-corrected chi connectivity index (χ0v) is 17.5. The molecule has 3 aromatic rings. The second-order valence-corrected chi connectivity index (χ2v) is 6.84. The van der Waals surface area contributed by atoms with Crippen molar-refractivity contribution < 1.29 is 14.1 Å². The summed E-state index contributed by atoms with van der Waals surface area (Å²) in [5.74, 6) is 1.46. The van der Waals surface area contributed by atoms with E-state index in [9.17, 15) is 0 Å². The van der Waals surface area contributed by atoms with Crippen molar-refractivity contribution >= 4 is 29.5 Å². The maximum Gasteiger partial charge on any atom is 0.199 e. The second-order valence-electron chi connectivity index (χ2n) is 6.46. The van der Waals surface area contributed by atoms with Gasteiger partial charge in [-0.2, -0.15) is 5.10 Å². The van der Waals surface area contributed by atoms with Gasteiger partial charge in [0.2, 0.25) is 0 Å². The average molecular weight is 429 g/mol. The summed E-state index contributed by atoms with van der Waals surface area (Å²) in [5.41, 5.74) is 15.0. The van der Waals surface area contributed by atoms with Crippen LogP contribution in [0, 0.1) is 13.8 Å². The van der Waals surface area contributed by atoms with E-state index in [0.717, 1.165) is 33.0 Å². The Balaban J connectivity index is 1.76. The van der Waals surface area contributed by atoms with Gasteiger partial charge in [-0.1, -0.05) is 11.6 Å². The highest BCUT2D eigenvalue weighted by Crippen LogP contribution is 2.27. The summed E-state index contributed by atoms with van der Waals surface area (Å²) in [4.78, 5) is 0. The maximum absolute atomic E-state index is 6.22. The first-order chi connectivity index (χ1) is 14.4. The second kappa shape index (κ2) is 9.27. The van der Waals surface area contributed by atoms with Crippen LogP contribution in [0.2, 0.25) is 5.02 Å². The van der Waals surface area contributed by atoms with Gasteiger partial charge < -0.3 is 20.9 Å². The van der Waals surface area contributed by atoms with E-state index in [1.807, 2.05) is 44.2 Å². The average Bonchev–Trinajstić information content (AvgIpc) is 3.16. The molecule has 156 valence electrons. The highest BCUT2D eigenvalue weighted by atomic mass is 35.5. The van der Waals surface area contributed by atoms with Crippen molar-refractivity contribution in [1.82, 2.24) is 10.3 Å². The third-order valence-corrected chi connectivity index (χ3v) is 4.83. The zero-order chi connectivity index (χ0) is 21.7. The van der Waals surface area contributed by atoms with Crippen LogP contribution >= 0.6 is 11.6 Å². The number of nitrogen functional groups attached to an aromatic ring is 1. The van der Waals surface area contributed by atoms with Crippen molar-refractivity contribution in [3.63, 3.8) is 0 Å². The number of aryl methyl sites for hydroxylation is 2. The van der Waals surface area contributed by atoms with Crippen LogP contribution in [0.15, 0.2) is 45.2 Å². The predicted octanol–water partition coefficient (Wildman–Crippen LogP) is 3.25. The minimum absolute atomic E-state index is 0.00412. The molecule has 0 radical (unpaired) electrons. The molecule has 0 fully saturated rings. The number of methoxy groups -OCH3 is 1. The minimum atomic E-state index is -0.00412. The van der Waals surface area contributed by atoms with Gasteiger partial charge in [0.25, 0.3) is 0 Å². The summed E-state index contributed by atoms with van der Waals surface area (Å²) in [7, 11) is 1.60. The highest BCUT2D eigenvalue weighted by molar-refractivity contribution is 6.32. The Morgan fingerprint density at radius 1 is 1.20 bits per heavy atom. The molecular formula is C20H21ClN6O3. The Morgan fingerprint density at radius 3 is 2.57 bits per heavy atom. The highest BCUT2D eigenvalue weighted by Gasteiger charge is 2.10. The van der Waals surface area contributed by atoms with Crippen molar-refractivity contribution in [1.29, 1.82) is 0 Å². The van der Waals surface area contributed by atoms with E-state index < -0.39 is 0 Å². The van der Waals surface area contributed by atoms with Crippen LogP contribution in [0.25, 0.3) is 0 Å². The zero-order valence-electron chi connectivity index (χ0n) is 16.7. The van der Waals surface area contributed by atoms with Crippen LogP contribution in [-0.2, 0) is 6.61 Å². The van der Waals surface area contributed by atoms with Gasteiger partial charge in [0.05, 0.1) is 13.3 Å². The smallest absolute Gasteiger partial charge is 0.199 e. The van der Waals surface area contributed by atoms with Crippen molar-refractivity contribution in [2.45, 2.75) is 20.5 Å². The van der Waals surface area contributed by atoms with E-state index in [1.165, 1.54) is 6.21 Å². The van der Waals surface area contributed by atoms with Crippen LogP contribution in [0.5, 0.6) is 11.5 Å². The van der Waals surface area contributed by atoms with Gasteiger partial charge in [0.1, 0.15) is 18.1 Å². The van der Waals surface area contributed by atoms with Gasteiger partial charge in [-0.15, -0.1) is 5.10 Å². The molecule has 3 rings (SSSR count). The summed E-state index contributed by atoms with van der Waals surface area (Å²) in [6.07, 6.45) is 1.54. The molecule has 0 amide bonds. The van der Waals surface area contributed by atoms with Gasteiger partial charge in [-0.3, -0.25) is 0 Å². The molecule has 10 heteroatoms. The van der Waals surface area contributed by atoms with Crippen molar-refractivity contribution in [2.24, 2.45) is 15.9 Å². The van der Waals surface area contributed by atoms with E-state index in [2.05, 4.69) is 25.1 Å². The van der Waals surface area contributed by atoms with Crippen LogP contribution in [0.3, 0.4) is 0 Å². The first kappa shape index (κ1) is 21.1. The third kappa shape index (κ3) is 4.87. The molecule has 30 heavy (non-hydrogen) atoms. The number of aromatic nitrogens is 2. The first-order valence-corrected chi connectivity index (χ1v) is 9.28. The molecule has 0 atom stereocenters. The standard InChI is InChI=1S/C20H21ClN6O3/c1-11-6-15(7-12(2)17(11)21)29-10-14-8-13(4-5-16(14)28-3)9-24-25-19(22)18-20(23)27-30-26-18/h4-9H,10H2,1-3H3,(H2,22,25)(H2,23,27)/b24-9-. The molecule has 0 saturated carbocycles. The lowest BCUT2D eigenvalue weighted by Gasteiger charge is -2.13. The normalized spacial score (nSPS) is 11.8. The maximum atomic E-state index is 6.22. The minimum Gasteiger partial charge on any atom is -0.496 e. The number of halogens is 1. The molecule has 0 bridgehead atoms. The predicted molar refractivity (Wildman–Crippen MR) is 115 cm³/mol. The molecule has 0 unspecified atom stereocenters. The molecular weight excluding hydrogens is 408 g/mol. The number of hydrogen-bond acceptors (Lipinski definition) is 8. The summed E-state index contributed by atoms with van der Waals surface area (Å²) in [6.45, 7) is 4.18. The Bertz CT molecular complexity index is 1090. The van der Waals surface area contributed by atoms with Crippen molar-refractivity contribution in [3.8, 4) is 11.5 Å². The van der Waals surface area contributed by atoms with E-state index in [-0.39, 0.29) is 17.3 Å². The summed E-state index contributed by atoms with van der Waals surface area (Å²) >= 11 is 6.22. The summed E-state index contributed by atoms with van der Waals surface area (Å²) < 4.78 is 15.9. The van der Waals surface area contributed by atoms with Crippen LogP contribution < -0.4 is 20.9 Å². The molecule has 2 aromatic carbocycles. The van der Waals surface area contributed by atoms with Gasteiger partial charge in [-0.25, -0.2) is 4.63 Å². The number of nitrogens with two attached hydrogens (primary N) is 2. The lowest BCUT2D eigenvalue weighted by atomic mass is 10.1. The van der Waals surface area contributed by atoms with E-state index in [0.29, 0.717) is 12.4 Å². The van der Waals surface area contributed by atoms with Crippen LogP contribution in [0.4, 0.5) is 5.82 Å². The van der Waals surface area contributed by atoms with Gasteiger partial charge in [-0.05, 0) is 71.2 Å². The molecule has 0 saturated heterocycles. The quantitative estimate of drug-likeness (QED) is 0.335. The van der Waals surface area contributed by atoms with Crippen molar-refractivity contribution in [3.05, 3.63) is 63.3 Å². The fraction of sp³-hybridized carbons (Fsp3) is 0.200. The first-order valence-electron chi connectivity index (χ1n) is 8.90. The molecule has 1 heterocycles. The number of hydrogen-bond donors (Lipinski definition) is 2. The summed E-state index contributed by atoms with van der Waals surface area (Å²) in [5, 5.41) is 15.6.